The SMILES string of the molecule is C=CCN(c1ccc(CNCCC)cn1)C1CC1. The van der Waals surface area contributed by atoms with Gasteiger partial charge in [0.15, 0.2) is 0 Å². The minimum atomic E-state index is 0.680. The Morgan fingerprint density at radius 3 is 2.89 bits per heavy atom. The number of nitrogens with one attached hydrogen (secondary N) is 1. The van der Waals surface area contributed by atoms with Crippen LogP contribution in [0.1, 0.15) is 31.7 Å². The minimum absolute atomic E-state index is 0.680. The highest BCUT2D eigenvalue weighted by Crippen LogP contribution is 2.30. The Labute approximate surface area is 110 Å². The highest BCUT2D eigenvalue weighted by Gasteiger charge is 2.28. The van der Waals surface area contributed by atoms with Gasteiger partial charge in [-0.3, -0.25) is 0 Å². The number of hydrogen-bond acceptors (Lipinski definition) is 3. The number of hydrogen-bond donors (Lipinski definition) is 1. The summed E-state index contributed by atoms with van der Waals surface area (Å²) >= 11 is 0. The number of pyridine rings is 1. The fourth-order valence-electron chi connectivity index (χ4n) is 2.06. The van der Waals surface area contributed by atoms with E-state index >= 15 is 0 Å². The molecule has 1 heterocycles. The molecule has 1 aliphatic rings. The fourth-order valence-corrected chi connectivity index (χ4v) is 2.06. The van der Waals surface area contributed by atoms with E-state index in [9.17, 15) is 0 Å². The molecule has 3 heteroatoms. The molecule has 1 aromatic rings. The lowest BCUT2D eigenvalue weighted by Gasteiger charge is -2.21. The summed E-state index contributed by atoms with van der Waals surface area (Å²) in [5.74, 6) is 1.08. The highest BCUT2D eigenvalue weighted by atomic mass is 15.2. The first-order chi connectivity index (χ1) is 8.85. The predicted octanol–water partition coefficient (Wildman–Crippen LogP) is 2.74. The molecule has 0 bridgehead atoms. The molecule has 1 fully saturated rings. The quantitative estimate of drug-likeness (QED) is 0.564. The van der Waals surface area contributed by atoms with Gasteiger partial charge < -0.3 is 10.2 Å². The fraction of sp³-hybridized carbons (Fsp3) is 0.533. The monoisotopic (exact) mass is 245 g/mol. The third kappa shape index (κ3) is 3.57. The maximum Gasteiger partial charge on any atom is 0.129 e. The van der Waals surface area contributed by atoms with Gasteiger partial charge in [-0.25, -0.2) is 4.98 Å². The Balaban J connectivity index is 1.94. The Kier molecular flexibility index (Phi) is 4.76. The summed E-state index contributed by atoms with van der Waals surface area (Å²) < 4.78 is 0. The molecule has 1 N–H and O–H groups in total. The molecule has 1 saturated carbocycles. The molecule has 0 aliphatic heterocycles. The molecule has 0 aromatic carbocycles. The van der Waals surface area contributed by atoms with Crippen molar-refractivity contribution in [2.45, 2.75) is 38.8 Å². The summed E-state index contributed by atoms with van der Waals surface area (Å²) in [6.07, 6.45) is 7.68. The van der Waals surface area contributed by atoms with Crippen molar-refractivity contribution in [3.63, 3.8) is 0 Å². The molecule has 0 radical (unpaired) electrons. The van der Waals surface area contributed by atoms with Gasteiger partial charge in [0.25, 0.3) is 0 Å². The molecule has 0 saturated heterocycles. The van der Waals surface area contributed by atoms with E-state index in [0.717, 1.165) is 25.5 Å². The molecule has 18 heavy (non-hydrogen) atoms. The van der Waals surface area contributed by atoms with Crippen LogP contribution in [0.4, 0.5) is 5.82 Å². The Hall–Kier alpha value is -1.35. The Morgan fingerprint density at radius 1 is 1.50 bits per heavy atom. The summed E-state index contributed by atoms with van der Waals surface area (Å²) in [4.78, 5) is 6.92. The summed E-state index contributed by atoms with van der Waals surface area (Å²) in [6.45, 7) is 8.87. The topological polar surface area (TPSA) is 28.2 Å². The van der Waals surface area contributed by atoms with Crippen LogP contribution in [0.5, 0.6) is 0 Å². The minimum Gasteiger partial charge on any atom is -0.350 e. The zero-order valence-corrected chi connectivity index (χ0v) is 11.2. The first kappa shape index (κ1) is 13.1. The van der Waals surface area contributed by atoms with Crippen molar-refractivity contribution in [1.29, 1.82) is 0 Å². The van der Waals surface area contributed by atoms with E-state index in [1.807, 2.05) is 12.3 Å². The van der Waals surface area contributed by atoms with Crippen molar-refractivity contribution in [1.82, 2.24) is 10.3 Å². The number of anilines is 1. The lowest BCUT2D eigenvalue weighted by molar-refractivity contribution is 0.673. The second kappa shape index (κ2) is 6.55. The van der Waals surface area contributed by atoms with Crippen LogP contribution in [0.15, 0.2) is 31.0 Å². The first-order valence-electron chi connectivity index (χ1n) is 6.88. The lowest BCUT2D eigenvalue weighted by Crippen LogP contribution is -2.26. The van der Waals surface area contributed by atoms with Gasteiger partial charge in [-0.05, 0) is 37.4 Å². The average Bonchev–Trinajstić information content (AvgIpc) is 3.22. The summed E-state index contributed by atoms with van der Waals surface area (Å²) in [5, 5.41) is 3.39. The van der Waals surface area contributed by atoms with E-state index in [2.05, 4.69) is 40.8 Å². The standard InChI is InChI=1S/C15H23N3/c1-3-9-16-11-13-5-8-15(17-12-13)18(10-4-2)14-6-7-14/h4-5,8,12,14,16H,2-3,6-7,9-11H2,1H3. The number of rotatable bonds is 8. The van der Waals surface area contributed by atoms with Crippen molar-refractivity contribution < 1.29 is 0 Å². The molecule has 1 aromatic heterocycles. The third-order valence-corrected chi connectivity index (χ3v) is 3.17. The molecule has 0 spiro atoms. The second-order valence-electron chi connectivity index (χ2n) is 4.87. The van der Waals surface area contributed by atoms with Crippen molar-refractivity contribution in [3.05, 3.63) is 36.5 Å². The van der Waals surface area contributed by atoms with Crippen LogP contribution in [0, 0.1) is 0 Å². The highest BCUT2D eigenvalue weighted by molar-refractivity contribution is 5.43. The van der Waals surface area contributed by atoms with Crippen LogP contribution in [0.3, 0.4) is 0 Å². The summed E-state index contributed by atoms with van der Waals surface area (Å²) in [6, 6.07) is 4.98. The van der Waals surface area contributed by atoms with Gasteiger partial charge in [-0.15, -0.1) is 6.58 Å². The van der Waals surface area contributed by atoms with Gasteiger partial charge >= 0.3 is 0 Å². The average molecular weight is 245 g/mol. The van der Waals surface area contributed by atoms with Gasteiger partial charge in [0.2, 0.25) is 0 Å². The van der Waals surface area contributed by atoms with Crippen LogP contribution in [0.2, 0.25) is 0 Å². The molecule has 0 amide bonds. The van der Waals surface area contributed by atoms with E-state index in [1.165, 1.54) is 24.8 Å². The number of nitrogens with zero attached hydrogens (tertiary/aromatic N) is 2. The van der Waals surface area contributed by atoms with Gasteiger partial charge in [-0.1, -0.05) is 19.1 Å². The zero-order chi connectivity index (χ0) is 12.8. The third-order valence-electron chi connectivity index (χ3n) is 3.17. The normalized spacial score (nSPS) is 14.5. The molecule has 1 aliphatic carbocycles. The van der Waals surface area contributed by atoms with Crippen LogP contribution in [-0.4, -0.2) is 24.1 Å². The van der Waals surface area contributed by atoms with Crippen molar-refractivity contribution in [3.8, 4) is 0 Å². The second-order valence-corrected chi connectivity index (χ2v) is 4.87. The van der Waals surface area contributed by atoms with Crippen molar-refractivity contribution in [2.75, 3.05) is 18.0 Å². The maximum atomic E-state index is 4.58. The van der Waals surface area contributed by atoms with Gasteiger partial charge in [0.05, 0.1) is 0 Å². The van der Waals surface area contributed by atoms with Gasteiger partial charge in [0.1, 0.15) is 5.82 Å². The molecule has 0 atom stereocenters. The van der Waals surface area contributed by atoms with Gasteiger partial charge in [-0.2, -0.15) is 0 Å². The van der Waals surface area contributed by atoms with E-state index in [-0.39, 0.29) is 0 Å². The molecule has 2 rings (SSSR count). The lowest BCUT2D eigenvalue weighted by atomic mass is 10.2. The zero-order valence-electron chi connectivity index (χ0n) is 11.2. The summed E-state index contributed by atoms with van der Waals surface area (Å²) in [7, 11) is 0. The molecule has 98 valence electrons. The van der Waals surface area contributed by atoms with Crippen molar-refractivity contribution >= 4 is 5.82 Å². The molecular formula is C15H23N3. The van der Waals surface area contributed by atoms with Crippen LogP contribution >= 0.6 is 0 Å². The Morgan fingerprint density at radius 2 is 2.33 bits per heavy atom. The van der Waals surface area contributed by atoms with E-state index in [1.54, 1.807) is 0 Å². The first-order valence-corrected chi connectivity index (χ1v) is 6.88. The number of aromatic nitrogens is 1. The van der Waals surface area contributed by atoms with E-state index in [0.29, 0.717) is 6.04 Å². The largest absolute Gasteiger partial charge is 0.350 e. The van der Waals surface area contributed by atoms with E-state index in [4.69, 9.17) is 0 Å². The van der Waals surface area contributed by atoms with Crippen LogP contribution in [0.25, 0.3) is 0 Å². The Bertz CT molecular complexity index is 368. The summed E-state index contributed by atoms with van der Waals surface area (Å²) in [5.41, 5.74) is 1.25. The molecule has 3 nitrogen and oxygen atoms in total. The maximum absolute atomic E-state index is 4.58. The van der Waals surface area contributed by atoms with Gasteiger partial charge in [0, 0.05) is 25.3 Å². The predicted molar refractivity (Wildman–Crippen MR) is 76.8 cm³/mol. The van der Waals surface area contributed by atoms with Crippen LogP contribution < -0.4 is 10.2 Å². The molecular weight excluding hydrogens is 222 g/mol. The van der Waals surface area contributed by atoms with E-state index < -0.39 is 0 Å². The smallest absolute Gasteiger partial charge is 0.129 e. The van der Waals surface area contributed by atoms with Crippen LogP contribution in [-0.2, 0) is 6.54 Å². The molecule has 0 unspecified atom stereocenters. The van der Waals surface area contributed by atoms with Crippen molar-refractivity contribution in [2.24, 2.45) is 0 Å².